The fourth-order valence-electron chi connectivity index (χ4n) is 1.88. The fraction of sp³-hybridized carbons (Fsp3) is 0.409. The Kier molecular flexibility index (Phi) is 16.7. The molecule has 0 bridgehead atoms. The van der Waals surface area contributed by atoms with Crippen molar-refractivity contribution < 1.29 is 15.0 Å². The summed E-state index contributed by atoms with van der Waals surface area (Å²) in [6, 6.07) is 0. The molecule has 0 heterocycles. The lowest BCUT2D eigenvalue weighted by Crippen LogP contribution is -1.98. The quantitative estimate of drug-likeness (QED) is 0.248. The van der Waals surface area contributed by atoms with Crippen LogP contribution in [0.4, 0.5) is 0 Å². The molecule has 0 aliphatic rings. The molecule has 0 spiro atoms. The molecule has 0 aliphatic heterocycles. The van der Waals surface area contributed by atoms with E-state index < -0.39 is 12.1 Å². The first-order valence-electron chi connectivity index (χ1n) is 9.01. The minimum atomic E-state index is -0.753. The first-order valence-corrected chi connectivity index (χ1v) is 9.01. The molecule has 0 amide bonds. The van der Waals surface area contributed by atoms with Crippen molar-refractivity contribution in [3.63, 3.8) is 0 Å². The molecule has 0 aromatic rings. The van der Waals surface area contributed by atoms with Crippen LogP contribution in [0.25, 0.3) is 0 Å². The lowest BCUT2D eigenvalue weighted by atomic mass is 10.2. The van der Waals surface area contributed by atoms with Gasteiger partial charge in [-0.05, 0) is 38.5 Å². The van der Waals surface area contributed by atoms with Gasteiger partial charge in [-0.25, -0.2) is 0 Å². The second-order valence-electron chi connectivity index (χ2n) is 5.57. The Hall–Kier alpha value is -2.13. The van der Waals surface area contributed by atoms with Gasteiger partial charge in [0.05, 0.1) is 6.10 Å². The Morgan fingerprint density at radius 2 is 1.52 bits per heavy atom. The summed E-state index contributed by atoms with van der Waals surface area (Å²) in [5.41, 5.74) is 0. The van der Waals surface area contributed by atoms with E-state index in [1.807, 2.05) is 42.5 Å². The number of aliphatic hydroxyl groups is 1. The Morgan fingerprint density at radius 1 is 0.840 bits per heavy atom. The van der Waals surface area contributed by atoms with Gasteiger partial charge < -0.3 is 10.2 Å². The summed E-state index contributed by atoms with van der Waals surface area (Å²) in [7, 11) is 0. The van der Waals surface area contributed by atoms with Gasteiger partial charge >= 0.3 is 5.97 Å². The molecule has 1 atom stereocenters. The molecule has 0 radical (unpaired) electrons. The normalized spacial score (nSPS) is 14.3. The standard InChI is InChI=1S/C22H32O3/c1-2-3-15-18-21(23)19-16-13-11-9-7-5-4-6-8-10-12-14-17-20-22(24)25/h3,6-9,11-16,19,21,23H,2,4-5,10,17-18,20H2,1H3,(H,24,25)/t21-/m0/s1. The number of aliphatic hydroxyl groups excluding tert-OH is 1. The van der Waals surface area contributed by atoms with Crippen molar-refractivity contribution >= 4 is 5.97 Å². The summed E-state index contributed by atoms with van der Waals surface area (Å²) in [6.45, 7) is 2.08. The van der Waals surface area contributed by atoms with Crippen LogP contribution < -0.4 is 0 Å². The molecule has 138 valence electrons. The van der Waals surface area contributed by atoms with Gasteiger partial charge in [-0.3, -0.25) is 4.79 Å². The second-order valence-corrected chi connectivity index (χ2v) is 5.57. The topological polar surface area (TPSA) is 57.5 Å². The summed E-state index contributed by atoms with van der Waals surface area (Å²) in [5, 5.41) is 18.2. The number of carboxylic acids is 1. The van der Waals surface area contributed by atoms with Crippen LogP contribution in [0.3, 0.4) is 0 Å². The lowest BCUT2D eigenvalue weighted by Gasteiger charge is -1.98. The zero-order valence-corrected chi connectivity index (χ0v) is 15.3. The summed E-state index contributed by atoms with van der Waals surface area (Å²) in [6.07, 6.45) is 28.7. The monoisotopic (exact) mass is 344 g/mol. The summed E-state index contributed by atoms with van der Waals surface area (Å²) in [5.74, 6) is -0.753. The van der Waals surface area contributed by atoms with Crippen molar-refractivity contribution in [1.29, 1.82) is 0 Å². The highest BCUT2D eigenvalue weighted by Crippen LogP contribution is 1.99. The van der Waals surface area contributed by atoms with Crippen LogP contribution in [0.1, 0.15) is 51.9 Å². The Balaban J connectivity index is 3.66. The zero-order chi connectivity index (χ0) is 18.6. The van der Waals surface area contributed by atoms with Crippen molar-refractivity contribution in [2.24, 2.45) is 0 Å². The van der Waals surface area contributed by atoms with Crippen LogP contribution in [0, 0.1) is 0 Å². The number of hydrogen-bond acceptors (Lipinski definition) is 2. The number of unbranched alkanes of at least 4 members (excludes halogenated alkanes) is 1. The molecular weight excluding hydrogens is 312 g/mol. The highest BCUT2D eigenvalue weighted by Gasteiger charge is 1.92. The smallest absolute Gasteiger partial charge is 0.303 e. The van der Waals surface area contributed by atoms with Gasteiger partial charge in [-0.15, -0.1) is 0 Å². The maximum absolute atomic E-state index is 10.3. The van der Waals surface area contributed by atoms with Crippen molar-refractivity contribution in [3.8, 4) is 0 Å². The van der Waals surface area contributed by atoms with Gasteiger partial charge in [0.15, 0.2) is 0 Å². The van der Waals surface area contributed by atoms with Gasteiger partial charge in [0, 0.05) is 6.42 Å². The van der Waals surface area contributed by atoms with Crippen molar-refractivity contribution in [3.05, 3.63) is 72.9 Å². The number of allylic oxidation sites excluding steroid dienone is 10. The number of carboxylic acid groups (broad SMARTS) is 1. The SMILES string of the molecule is CCC=CC[C@H](O)C=CC=CC=CCCC=CCC=CCCC(=O)O. The van der Waals surface area contributed by atoms with E-state index >= 15 is 0 Å². The highest BCUT2D eigenvalue weighted by molar-refractivity contribution is 5.66. The molecule has 25 heavy (non-hydrogen) atoms. The molecule has 0 unspecified atom stereocenters. The molecule has 2 N–H and O–H groups in total. The van der Waals surface area contributed by atoms with Crippen molar-refractivity contribution in [1.82, 2.24) is 0 Å². The molecule has 3 nitrogen and oxygen atoms in total. The average Bonchev–Trinajstić information content (AvgIpc) is 2.58. The predicted octanol–water partition coefficient (Wildman–Crippen LogP) is 5.52. The van der Waals surface area contributed by atoms with E-state index in [-0.39, 0.29) is 6.42 Å². The summed E-state index contributed by atoms with van der Waals surface area (Å²) < 4.78 is 0. The van der Waals surface area contributed by atoms with Crippen LogP contribution in [0.5, 0.6) is 0 Å². The fourth-order valence-corrected chi connectivity index (χ4v) is 1.88. The van der Waals surface area contributed by atoms with Crippen molar-refractivity contribution in [2.45, 2.75) is 58.0 Å². The van der Waals surface area contributed by atoms with Crippen LogP contribution in [-0.4, -0.2) is 22.3 Å². The molecule has 0 rings (SSSR count). The molecular formula is C22H32O3. The van der Waals surface area contributed by atoms with Gasteiger partial charge in [0.2, 0.25) is 0 Å². The maximum Gasteiger partial charge on any atom is 0.303 e. The molecule has 0 saturated heterocycles. The molecule has 3 heteroatoms. The first kappa shape index (κ1) is 22.9. The molecule has 0 aromatic carbocycles. The van der Waals surface area contributed by atoms with Gasteiger partial charge in [0.25, 0.3) is 0 Å². The van der Waals surface area contributed by atoms with E-state index in [1.54, 1.807) is 6.08 Å². The largest absolute Gasteiger partial charge is 0.481 e. The number of aliphatic carboxylic acids is 1. The van der Waals surface area contributed by atoms with Crippen molar-refractivity contribution in [2.75, 3.05) is 0 Å². The number of hydrogen-bond donors (Lipinski definition) is 2. The van der Waals surface area contributed by atoms with Crippen LogP contribution >= 0.6 is 0 Å². The Bertz CT molecular complexity index is 493. The number of carbonyl (C=O) groups is 1. The summed E-state index contributed by atoms with van der Waals surface area (Å²) in [4.78, 5) is 10.3. The van der Waals surface area contributed by atoms with Gasteiger partial charge in [-0.2, -0.15) is 0 Å². The van der Waals surface area contributed by atoms with E-state index in [1.165, 1.54) is 0 Å². The molecule has 0 aliphatic carbocycles. The second kappa shape index (κ2) is 18.2. The highest BCUT2D eigenvalue weighted by atomic mass is 16.4. The summed E-state index contributed by atoms with van der Waals surface area (Å²) >= 11 is 0. The van der Waals surface area contributed by atoms with Crippen LogP contribution in [-0.2, 0) is 4.79 Å². The van der Waals surface area contributed by atoms with Crippen LogP contribution in [0.2, 0.25) is 0 Å². The lowest BCUT2D eigenvalue weighted by molar-refractivity contribution is -0.136. The molecule has 0 saturated carbocycles. The third-order valence-corrected chi connectivity index (χ3v) is 3.21. The van der Waals surface area contributed by atoms with E-state index in [9.17, 15) is 9.90 Å². The van der Waals surface area contributed by atoms with E-state index in [0.29, 0.717) is 12.8 Å². The minimum Gasteiger partial charge on any atom is -0.481 e. The third kappa shape index (κ3) is 19.8. The third-order valence-electron chi connectivity index (χ3n) is 3.21. The van der Waals surface area contributed by atoms with Gasteiger partial charge in [0.1, 0.15) is 0 Å². The van der Waals surface area contributed by atoms with E-state index in [4.69, 9.17) is 5.11 Å². The average molecular weight is 344 g/mol. The maximum atomic E-state index is 10.3. The van der Waals surface area contributed by atoms with E-state index in [0.717, 1.165) is 25.7 Å². The van der Waals surface area contributed by atoms with E-state index in [2.05, 4.69) is 31.2 Å². The van der Waals surface area contributed by atoms with Crippen LogP contribution in [0.15, 0.2) is 72.9 Å². The number of rotatable bonds is 14. The predicted molar refractivity (Wildman–Crippen MR) is 106 cm³/mol. The molecule has 0 aromatic heterocycles. The Morgan fingerprint density at radius 3 is 2.24 bits per heavy atom. The zero-order valence-electron chi connectivity index (χ0n) is 15.3. The van der Waals surface area contributed by atoms with Gasteiger partial charge in [-0.1, -0.05) is 79.8 Å². The minimum absolute atomic E-state index is 0.197. The Labute approximate surface area is 152 Å². The first-order chi connectivity index (χ1) is 12.2. The molecule has 0 fully saturated rings.